The molecule has 14 heavy (non-hydrogen) atoms. The number of Topliss-reactive ketones (excluding diaryl/α,β-unsaturated/α-hetero) is 1. The second-order valence-corrected chi connectivity index (χ2v) is 2.81. The molecule has 4 heteroatoms. The normalized spacial score (nSPS) is 9.86. The van der Waals surface area contributed by atoms with Gasteiger partial charge in [0.25, 0.3) is 0 Å². The fourth-order valence-electron chi connectivity index (χ4n) is 1.14. The molecule has 0 aromatic heterocycles. The van der Waals surface area contributed by atoms with Gasteiger partial charge in [0.1, 0.15) is 5.82 Å². The van der Waals surface area contributed by atoms with Crippen molar-refractivity contribution < 1.29 is 14.0 Å². The van der Waals surface area contributed by atoms with Gasteiger partial charge in [-0.05, 0) is 24.7 Å². The van der Waals surface area contributed by atoms with Gasteiger partial charge in [-0.3, -0.25) is 9.59 Å². The molecule has 1 aromatic rings. The topological polar surface area (TPSA) is 60.2 Å². The van der Waals surface area contributed by atoms with Crippen molar-refractivity contribution in [2.24, 2.45) is 5.73 Å². The molecular formula is C10H10FNO2. The van der Waals surface area contributed by atoms with Gasteiger partial charge < -0.3 is 5.73 Å². The van der Waals surface area contributed by atoms with E-state index >= 15 is 0 Å². The van der Waals surface area contributed by atoms with Crippen LogP contribution in [0.3, 0.4) is 0 Å². The number of benzene rings is 1. The molecule has 0 heterocycles. The molecule has 0 bridgehead atoms. The van der Waals surface area contributed by atoms with E-state index in [0.717, 1.165) is 12.1 Å². The number of hydrogen-bond acceptors (Lipinski definition) is 3. The maximum atomic E-state index is 12.8. The maximum Gasteiger partial charge on any atom is 0.164 e. The van der Waals surface area contributed by atoms with Gasteiger partial charge in [-0.1, -0.05) is 0 Å². The number of nitrogens with two attached hydrogens (primary N) is 1. The molecule has 0 saturated heterocycles. The van der Waals surface area contributed by atoms with Gasteiger partial charge >= 0.3 is 0 Å². The Balaban J connectivity index is 3.10. The number of carbonyl (C=O) groups excluding carboxylic acids is 2. The minimum atomic E-state index is -0.532. The van der Waals surface area contributed by atoms with Crippen molar-refractivity contribution in [2.75, 3.05) is 6.54 Å². The number of aldehydes is 1. The van der Waals surface area contributed by atoms with Crippen LogP contribution in [0.25, 0.3) is 0 Å². The average Bonchev–Trinajstić information content (AvgIpc) is 2.18. The lowest BCUT2D eigenvalue weighted by atomic mass is 10.0. The van der Waals surface area contributed by atoms with Gasteiger partial charge in [-0.15, -0.1) is 0 Å². The highest BCUT2D eigenvalue weighted by Crippen LogP contribution is 2.11. The molecule has 0 spiro atoms. The van der Waals surface area contributed by atoms with Crippen LogP contribution >= 0.6 is 0 Å². The summed E-state index contributed by atoms with van der Waals surface area (Å²) in [6, 6.07) is 3.48. The van der Waals surface area contributed by atoms with Crippen LogP contribution in [0.2, 0.25) is 0 Å². The first-order chi connectivity index (χ1) is 6.69. The van der Waals surface area contributed by atoms with Crippen LogP contribution in [-0.4, -0.2) is 18.6 Å². The van der Waals surface area contributed by atoms with Crippen LogP contribution in [0.5, 0.6) is 0 Å². The van der Waals surface area contributed by atoms with Gasteiger partial charge in [0.2, 0.25) is 0 Å². The lowest BCUT2D eigenvalue weighted by molar-refractivity contribution is 0.0978. The fraction of sp³-hybridized carbons (Fsp3) is 0.200. The molecule has 0 aliphatic heterocycles. The van der Waals surface area contributed by atoms with Crippen molar-refractivity contribution in [1.29, 1.82) is 0 Å². The highest BCUT2D eigenvalue weighted by Gasteiger charge is 2.10. The van der Waals surface area contributed by atoms with Crippen LogP contribution < -0.4 is 5.73 Å². The Hall–Kier alpha value is -1.55. The Bertz CT molecular complexity index is 363. The lowest BCUT2D eigenvalue weighted by Gasteiger charge is -2.02. The first kappa shape index (κ1) is 10.5. The van der Waals surface area contributed by atoms with E-state index in [4.69, 9.17) is 5.73 Å². The predicted octanol–water partition coefficient (Wildman–Crippen LogP) is 1.17. The molecule has 0 aliphatic rings. The third-order valence-electron chi connectivity index (χ3n) is 1.81. The molecule has 0 saturated carbocycles. The molecular weight excluding hydrogens is 185 g/mol. The minimum absolute atomic E-state index is 0.102. The van der Waals surface area contributed by atoms with E-state index < -0.39 is 5.82 Å². The molecule has 1 rings (SSSR count). The molecule has 0 unspecified atom stereocenters. The summed E-state index contributed by atoms with van der Waals surface area (Å²) in [6.07, 6.45) is 0.646. The smallest absolute Gasteiger partial charge is 0.164 e. The number of carbonyl (C=O) groups is 2. The van der Waals surface area contributed by atoms with Crippen molar-refractivity contribution in [3.05, 3.63) is 35.1 Å². The summed E-state index contributed by atoms with van der Waals surface area (Å²) in [4.78, 5) is 21.9. The lowest BCUT2D eigenvalue weighted by Crippen LogP contribution is -2.10. The highest BCUT2D eigenvalue weighted by molar-refractivity contribution is 6.02. The van der Waals surface area contributed by atoms with E-state index in [1.165, 1.54) is 6.07 Å². The Morgan fingerprint density at radius 1 is 1.50 bits per heavy atom. The first-order valence-corrected chi connectivity index (χ1v) is 4.17. The Kier molecular flexibility index (Phi) is 3.48. The van der Waals surface area contributed by atoms with Gasteiger partial charge in [-0.25, -0.2) is 4.39 Å². The number of halogens is 1. The monoisotopic (exact) mass is 195 g/mol. The second kappa shape index (κ2) is 4.62. The van der Waals surface area contributed by atoms with E-state index in [2.05, 4.69) is 0 Å². The van der Waals surface area contributed by atoms with Crippen molar-refractivity contribution in [1.82, 2.24) is 0 Å². The zero-order valence-corrected chi connectivity index (χ0v) is 7.50. The van der Waals surface area contributed by atoms with E-state index in [0.29, 0.717) is 6.29 Å². The van der Waals surface area contributed by atoms with E-state index in [9.17, 15) is 14.0 Å². The van der Waals surface area contributed by atoms with Crippen molar-refractivity contribution in [3.8, 4) is 0 Å². The van der Waals surface area contributed by atoms with Crippen molar-refractivity contribution in [3.63, 3.8) is 0 Å². The highest BCUT2D eigenvalue weighted by atomic mass is 19.1. The predicted molar refractivity (Wildman–Crippen MR) is 49.8 cm³/mol. The van der Waals surface area contributed by atoms with Crippen LogP contribution in [0.1, 0.15) is 27.1 Å². The molecule has 0 radical (unpaired) electrons. The third-order valence-corrected chi connectivity index (χ3v) is 1.81. The zero-order valence-electron chi connectivity index (χ0n) is 7.50. The van der Waals surface area contributed by atoms with Gasteiger partial charge in [0.15, 0.2) is 12.1 Å². The maximum absolute atomic E-state index is 12.8. The van der Waals surface area contributed by atoms with E-state index in [1.54, 1.807) is 0 Å². The number of rotatable bonds is 4. The molecule has 0 fully saturated rings. The number of hydrogen-bond donors (Lipinski definition) is 1. The average molecular weight is 195 g/mol. The molecule has 3 nitrogen and oxygen atoms in total. The number of ketones is 1. The van der Waals surface area contributed by atoms with Gasteiger partial charge in [0.05, 0.1) is 0 Å². The van der Waals surface area contributed by atoms with Crippen LogP contribution in [0.15, 0.2) is 18.2 Å². The summed E-state index contributed by atoms with van der Waals surface area (Å²) < 4.78 is 12.8. The summed E-state index contributed by atoms with van der Waals surface area (Å²) >= 11 is 0. The van der Waals surface area contributed by atoms with Crippen LogP contribution in [-0.2, 0) is 0 Å². The summed E-state index contributed by atoms with van der Waals surface area (Å²) in [5, 5.41) is 0. The van der Waals surface area contributed by atoms with Gasteiger partial charge in [0, 0.05) is 17.5 Å². The zero-order chi connectivity index (χ0) is 10.6. The quantitative estimate of drug-likeness (QED) is 0.579. The van der Waals surface area contributed by atoms with Crippen molar-refractivity contribution >= 4 is 12.1 Å². The summed E-state index contributed by atoms with van der Waals surface area (Å²) in [5.74, 6) is -0.843. The van der Waals surface area contributed by atoms with Crippen LogP contribution in [0.4, 0.5) is 4.39 Å². The Morgan fingerprint density at radius 2 is 2.21 bits per heavy atom. The standard InChI is InChI=1S/C10H10FNO2/c11-8-2-1-7(6-13)9(5-8)10(14)3-4-12/h1-2,5-6H,3-4,12H2. The summed E-state index contributed by atoms with van der Waals surface area (Å²) in [5.41, 5.74) is 5.49. The molecule has 74 valence electrons. The molecule has 1 aromatic carbocycles. The third kappa shape index (κ3) is 2.23. The second-order valence-electron chi connectivity index (χ2n) is 2.81. The summed E-state index contributed by atoms with van der Waals surface area (Å²) in [6.45, 7) is 0.188. The van der Waals surface area contributed by atoms with E-state index in [1.807, 2.05) is 0 Å². The fourth-order valence-corrected chi connectivity index (χ4v) is 1.14. The van der Waals surface area contributed by atoms with E-state index in [-0.39, 0.29) is 29.9 Å². The minimum Gasteiger partial charge on any atom is -0.330 e. The van der Waals surface area contributed by atoms with Crippen molar-refractivity contribution in [2.45, 2.75) is 6.42 Å². The Labute approximate surface area is 80.7 Å². The first-order valence-electron chi connectivity index (χ1n) is 4.17. The molecule has 2 N–H and O–H groups in total. The molecule has 0 atom stereocenters. The van der Waals surface area contributed by atoms with Gasteiger partial charge in [-0.2, -0.15) is 0 Å². The molecule has 0 amide bonds. The van der Waals surface area contributed by atoms with Crippen LogP contribution in [0, 0.1) is 5.82 Å². The molecule has 0 aliphatic carbocycles. The Morgan fingerprint density at radius 3 is 2.79 bits per heavy atom. The summed E-state index contributed by atoms with van der Waals surface area (Å²) in [7, 11) is 0. The SMILES string of the molecule is NCCC(=O)c1cc(F)ccc1C=O. The largest absolute Gasteiger partial charge is 0.330 e.